The number of esters is 1. The predicted molar refractivity (Wildman–Crippen MR) is 93.0 cm³/mol. The molecule has 1 unspecified atom stereocenters. The van der Waals surface area contributed by atoms with Crippen molar-refractivity contribution in [1.29, 1.82) is 0 Å². The fraction of sp³-hybridized carbons (Fsp3) is 0.250. The van der Waals surface area contributed by atoms with Crippen molar-refractivity contribution in [3.8, 4) is 0 Å². The Kier molecular flexibility index (Phi) is 5.64. The lowest BCUT2D eigenvalue weighted by atomic mass is 10.1. The molecule has 0 amide bonds. The molecule has 0 saturated carbocycles. The van der Waals surface area contributed by atoms with Gasteiger partial charge in [-0.15, -0.1) is 11.3 Å². The molecular weight excluding hydrogens is 330 g/mol. The summed E-state index contributed by atoms with van der Waals surface area (Å²) < 4.78 is 4.50. The van der Waals surface area contributed by atoms with Gasteiger partial charge in [-0.2, -0.15) is 0 Å². The second kappa shape index (κ2) is 7.69. The zero-order valence-electron chi connectivity index (χ0n) is 13.5. The molecule has 0 spiro atoms. The number of nitro benzene ring substituents is 1. The molecule has 2 rings (SSSR count). The quantitative estimate of drug-likeness (QED) is 0.370. The van der Waals surface area contributed by atoms with E-state index in [-0.39, 0.29) is 11.7 Å². The minimum Gasteiger partial charge on any atom is -0.466 e. The number of aromatic nitrogens is 1. The van der Waals surface area contributed by atoms with Gasteiger partial charge in [-0.1, -0.05) is 6.07 Å². The Morgan fingerprint density at radius 1 is 1.50 bits per heavy atom. The number of thiazole rings is 1. The largest absolute Gasteiger partial charge is 0.466 e. The molecule has 24 heavy (non-hydrogen) atoms. The Morgan fingerprint density at radius 3 is 2.83 bits per heavy atom. The van der Waals surface area contributed by atoms with Gasteiger partial charge in [0.2, 0.25) is 0 Å². The van der Waals surface area contributed by atoms with Crippen LogP contribution in [0.3, 0.4) is 0 Å². The molecule has 0 fully saturated rings. The van der Waals surface area contributed by atoms with Gasteiger partial charge in [-0.3, -0.25) is 10.1 Å². The van der Waals surface area contributed by atoms with Gasteiger partial charge in [0, 0.05) is 23.2 Å². The number of nitrogens with zero attached hydrogens (tertiary/aromatic N) is 2. The lowest BCUT2D eigenvalue weighted by Gasteiger charge is -2.13. The topological polar surface area (TPSA) is 94.4 Å². The Balaban J connectivity index is 2.25. The highest BCUT2D eigenvalue weighted by atomic mass is 32.1. The number of benzene rings is 1. The lowest BCUT2D eigenvalue weighted by Crippen LogP contribution is -2.08. The van der Waals surface area contributed by atoms with Gasteiger partial charge >= 0.3 is 5.97 Å². The second-order valence-corrected chi connectivity index (χ2v) is 6.33. The molecule has 0 saturated heterocycles. The van der Waals surface area contributed by atoms with E-state index in [1.165, 1.54) is 25.3 Å². The van der Waals surface area contributed by atoms with E-state index in [0.717, 1.165) is 9.88 Å². The molecule has 0 bridgehead atoms. The van der Waals surface area contributed by atoms with E-state index in [9.17, 15) is 14.9 Å². The van der Waals surface area contributed by atoms with Crippen LogP contribution in [0.1, 0.15) is 28.4 Å². The van der Waals surface area contributed by atoms with E-state index >= 15 is 0 Å². The Labute approximate surface area is 143 Å². The molecule has 1 heterocycles. The first-order valence-corrected chi connectivity index (χ1v) is 7.95. The molecule has 0 aliphatic carbocycles. The van der Waals surface area contributed by atoms with Crippen LogP contribution in [0, 0.1) is 17.0 Å². The molecule has 7 nitrogen and oxygen atoms in total. The van der Waals surface area contributed by atoms with E-state index in [2.05, 4.69) is 15.0 Å². The summed E-state index contributed by atoms with van der Waals surface area (Å²) in [6.07, 6.45) is 4.46. The standard InChI is InChI=1S/C16H17N3O4S/c1-10-9-17-16(24-10)11(2)18-13-6-4-12(5-7-15(20)23-3)8-14(13)19(21)22/h4-9,11,18H,1-3H3/b7-5-. The smallest absolute Gasteiger partial charge is 0.330 e. The number of nitrogens with one attached hydrogen (secondary N) is 1. The molecular formula is C16H17N3O4S. The molecule has 2 aromatic rings. The van der Waals surface area contributed by atoms with Gasteiger partial charge in [-0.25, -0.2) is 9.78 Å². The highest BCUT2D eigenvalue weighted by Crippen LogP contribution is 2.30. The highest BCUT2D eigenvalue weighted by molar-refractivity contribution is 7.11. The van der Waals surface area contributed by atoms with Crippen LogP contribution in [0.5, 0.6) is 0 Å². The molecule has 8 heteroatoms. The van der Waals surface area contributed by atoms with Crippen LogP contribution < -0.4 is 5.32 Å². The molecule has 1 aromatic carbocycles. The van der Waals surface area contributed by atoms with E-state index in [1.807, 2.05) is 13.8 Å². The van der Waals surface area contributed by atoms with Crippen LogP contribution in [-0.2, 0) is 9.53 Å². The number of anilines is 1. The number of hydrogen-bond acceptors (Lipinski definition) is 7. The van der Waals surface area contributed by atoms with Crippen LogP contribution in [0.2, 0.25) is 0 Å². The van der Waals surface area contributed by atoms with Crippen molar-refractivity contribution in [2.75, 3.05) is 12.4 Å². The second-order valence-electron chi connectivity index (χ2n) is 5.07. The van der Waals surface area contributed by atoms with E-state index in [0.29, 0.717) is 11.3 Å². The first kappa shape index (κ1) is 17.6. The Hall–Kier alpha value is -2.74. The van der Waals surface area contributed by atoms with Crippen molar-refractivity contribution in [1.82, 2.24) is 4.98 Å². The summed E-state index contributed by atoms with van der Waals surface area (Å²) in [6.45, 7) is 3.85. The van der Waals surface area contributed by atoms with Crippen LogP contribution in [0.25, 0.3) is 6.08 Å². The first-order chi connectivity index (χ1) is 11.4. The van der Waals surface area contributed by atoms with Crippen molar-refractivity contribution in [2.24, 2.45) is 0 Å². The molecule has 0 radical (unpaired) electrons. The normalized spacial score (nSPS) is 12.1. The van der Waals surface area contributed by atoms with Gasteiger partial charge in [0.1, 0.15) is 10.7 Å². The predicted octanol–water partition coefficient (Wildman–Crippen LogP) is 3.72. The summed E-state index contributed by atoms with van der Waals surface area (Å²) in [6, 6.07) is 4.56. The minimum atomic E-state index is -0.521. The summed E-state index contributed by atoms with van der Waals surface area (Å²) in [5.74, 6) is -0.521. The maximum Gasteiger partial charge on any atom is 0.330 e. The van der Waals surface area contributed by atoms with Crippen LogP contribution in [-0.4, -0.2) is 23.0 Å². The fourth-order valence-electron chi connectivity index (χ4n) is 2.03. The van der Waals surface area contributed by atoms with Crippen LogP contribution >= 0.6 is 11.3 Å². The maximum atomic E-state index is 11.3. The van der Waals surface area contributed by atoms with Crippen molar-refractivity contribution in [3.05, 3.63) is 56.0 Å². The Bertz CT molecular complexity index is 785. The summed E-state index contributed by atoms with van der Waals surface area (Å²) in [7, 11) is 1.27. The zero-order valence-corrected chi connectivity index (χ0v) is 14.3. The molecule has 1 aromatic heterocycles. The third-order valence-corrected chi connectivity index (χ3v) is 4.31. The summed E-state index contributed by atoms with van der Waals surface area (Å²) in [4.78, 5) is 27.3. The lowest BCUT2D eigenvalue weighted by molar-refractivity contribution is -0.384. The monoisotopic (exact) mass is 347 g/mol. The SMILES string of the molecule is COC(=O)/C=C\c1ccc(NC(C)c2ncc(C)s2)c([N+](=O)[O-])c1. The van der Waals surface area contributed by atoms with Gasteiger partial charge in [0.25, 0.3) is 5.69 Å². The van der Waals surface area contributed by atoms with E-state index in [1.54, 1.807) is 29.7 Å². The molecule has 126 valence electrons. The van der Waals surface area contributed by atoms with Gasteiger partial charge in [-0.05, 0) is 31.6 Å². The number of methoxy groups -OCH3 is 1. The van der Waals surface area contributed by atoms with Crippen molar-refractivity contribution in [2.45, 2.75) is 19.9 Å². The van der Waals surface area contributed by atoms with Crippen molar-refractivity contribution < 1.29 is 14.5 Å². The number of rotatable bonds is 6. The van der Waals surface area contributed by atoms with Crippen molar-refractivity contribution in [3.63, 3.8) is 0 Å². The van der Waals surface area contributed by atoms with E-state index < -0.39 is 10.9 Å². The zero-order chi connectivity index (χ0) is 17.7. The molecule has 0 aliphatic rings. The van der Waals surface area contributed by atoms with Gasteiger partial charge in [0.15, 0.2) is 0 Å². The fourth-order valence-corrected chi connectivity index (χ4v) is 2.80. The minimum absolute atomic E-state index is 0.0675. The average Bonchev–Trinajstić information content (AvgIpc) is 2.99. The maximum absolute atomic E-state index is 11.3. The number of aryl methyl sites for hydroxylation is 1. The third-order valence-electron chi connectivity index (χ3n) is 3.21. The highest BCUT2D eigenvalue weighted by Gasteiger charge is 2.18. The third kappa shape index (κ3) is 4.39. The molecule has 0 aliphatic heterocycles. The number of carbonyl (C=O) groups is 1. The number of nitro groups is 1. The number of carbonyl (C=O) groups excluding carboxylic acids is 1. The first-order valence-electron chi connectivity index (χ1n) is 7.14. The molecule has 1 N–H and O–H groups in total. The van der Waals surface area contributed by atoms with Crippen LogP contribution in [0.4, 0.5) is 11.4 Å². The van der Waals surface area contributed by atoms with E-state index in [4.69, 9.17) is 0 Å². The van der Waals surface area contributed by atoms with Crippen molar-refractivity contribution >= 4 is 34.8 Å². The number of hydrogen-bond donors (Lipinski definition) is 1. The van der Waals surface area contributed by atoms with Gasteiger partial charge in [0.05, 0.1) is 18.1 Å². The summed E-state index contributed by atoms with van der Waals surface area (Å²) in [5, 5.41) is 15.3. The summed E-state index contributed by atoms with van der Waals surface area (Å²) in [5.41, 5.74) is 0.869. The molecule has 1 atom stereocenters. The Morgan fingerprint density at radius 2 is 2.25 bits per heavy atom. The summed E-state index contributed by atoms with van der Waals surface area (Å²) >= 11 is 1.54. The average molecular weight is 347 g/mol. The number of ether oxygens (including phenoxy) is 1. The van der Waals surface area contributed by atoms with Gasteiger partial charge < -0.3 is 10.1 Å². The van der Waals surface area contributed by atoms with Crippen LogP contribution in [0.15, 0.2) is 30.5 Å².